The third kappa shape index (κ3) is 5.68. The van der Waals surface area contributed by atoms with E-state index >= 15 is 0 Å². The van der Waals surface area contributed by atoms with E-state index in [0.717, 1.165) is 25.5 Å². The molecule has 0 N–H and O–H groups in total. The fourth-order valence-electron chi connectivity index (χ4n) is 2.15. The second kappa shape index (κ2) is 7.95. The van der Waals surface area contributed by atoms with Crippen molar-refractivity contribution >= 4 is 33.3 Å². The van der Waals surface area contributed by atoms with Gasteiger partial charge in [0.2, 0.25) is 0 Å². The quantitative estimate of drug-likeness (QED) is 0.718. The van der Waals surface area contributed by atoms with Gasteiger partial charge in [-0.2, -0.15) is 8.42 Å². The first-order valence-electron chi connectivity index (χ1n) is 6.91. The number of hydrogen-bond acceptors (Lipinski definition) is 5. The summed E-state index contributed by atoms with van der Waals surface area (Å²) < 4.78 is 38.7. The highest BCUT2D eigenvalue weighted by Gasteiger charge is 2.24. The van der Waals surface area contributed by atoms with Gasteiger partial charge in [-0.25, -0.2) is 0 Å². The lowest BCUT2D eigenvalue weighted by Gasteiger charge is -2.28. The Morgan fingerprint density at radius 2 is 2.14 bits per heavy atom. The van der Waals surface area contributed by atoms with Crippen molar-refractivity contribution in [2.75, 3.05) is 19.5 Å². The van der Waals surface area contributed by atoms with Gasteiger partial charge in [0.25, 0.3) is 10.1 Å². The topological polar surface area (TPSA) is 61.8 Å². The van der Waals surface area contributed by atoms with Gasteiger partial charge in [0.05, 0.1) is 12.9 Å². The molecule has 124 valence electrons. The summed E-state index contributed by atoms with van der Waals surface area (Å²) in [4.78, 5) is 0. The molecule has 0 aromatic heterocycles. The van der Waals surface area contributed by atoms with E-state index in [1.807, 2.05) is 0 Å². The zero-order chi connectivity index (χ0) is 16.2. The standard InChI is InChI=1S/C14H18Cl2O5S/c1-22(17,18)20-9-13(21-14-4-2-3-7-19-14)11-6-5-10(15)8-12(11)16/h5-6,8,13-14H,2-4,7,9H2,1H3. The summed E-state index contributed by atoms with van der Waals surface area (Å²) in [5.74, 6) is 0. The van der Waals surface area contributed by atoms with Gasteiger partial charge in [-0.1, -0.05) is 29.3 Å². The third-order valence-corrected chi connectivity index (χ3v) is 4.32. The molecule has 1 aliphatic rings. The van der Waals surface area contributed by atoms with Crippen molar-refractivity contribution in [2.24, 2.45) is 0 Å². The maximum absolute atomic E-state index is 11.2. The summed E-state index contributed by atoms with van der Waals surface area (Å²) in [6.07, 6.45) is 2.69. The van der Waals surface area contributed by atoms with E-state index in [0.29, 0.717) is 22.2 Å². The number of rotatable bonds is 6. The smallest absolute Gasteiger partial charge is 0.264 e. The van der Waals surface area contributed by atoms with Crippen molar-refractivity contribution in [3.63, 3.8) is 0 Å². The van der Waals surface area contributed by atoms with Crippen molar-refractivity contribution in [2.45, 2.75) is 31.7 Å². The van der Waals surface area contributed by atoms with Crippen LogP contribution < -0.4 is 0 Å². The van der Waals surface area contributed by atoms with E-state index in [-0.39, 0.29) is 6.61 Å². The number of hydrogen-bond donors (Lipinski definition) is 0. The first-order valence-corrected chi connectivity index (χ1v) is 9.49. The zero-order valence-corrected chi connectivity index (χ0v) is 14.5. The minimum atomic E-state index is -3.58. The summed E-state index contributed by atoms with van der Waals surface area (Å²) >= 11 is 12.1. The van der Waals surface area contributed by atoms with Gasteiger partial charge in [-0.05, 0) is 31.4 Å². The molecule has 1 fully saturated rings. The molecule has 2 unspecified atom stereocenters. The van der Waals surface area contributed by atoms with E-state index < -0.39 is 22.5 Å². The molecule has 1 heterocycles. The van der Waals surface area contributed by atoms with Crippen LogP contribution in [0.2, 0.25) is 10.0 Å². The molecule has 0 aliphatic carbocycles. The molecule has 0 bridgehead atoms. The average molecular weight is 369 g/mol. The van der Waals surface area contributed by atoms with Gasteiger partial charge in [0.1, 0.15) is 6.10 Å². The molecule has 5 nitrogen and oxygen atoms in total. The summed E-state index contributed by atoms with van der Waals surface area (Å²) in [7, 11) is -3.58. The van der Waals surface area contributed by atoms with Gasteiger partial charge in [0.15, 0.2) is 6.29 Å². The summed E-state index contributed by atoms with van der Waals surface area (Å²) in [6.45, 7) is 0.457. The Kier molecular flexibility index (Phi) is 6.49. The summed E-state index contributed by atoms with van der Waals surface area (Å²) in [5.41, 5.74) is 0.615. The van der Waals surface area contributed by atoms with Crippen molar-refractivity contribution in [1.82, 2.24) is 0 Å². The van der Waals surface area contributed by atoms with E-state index in [2.05, 4.69) is 0 Å². The van der Waals surface area contributed by atoms with Crippen LogP contribution in [-0.4, -0.2) is 34.2 Å². The van der Waals surface area contributed by atoms with Crippen molar-refractivity contribution in [3.8, 4) is 0 Å². The van der Waals surface area contributed by atoms with Crippen LogP contribution in [0.25, 0.3) is 0 Å². The molecule has 0 spiro atoms. The van der Waals surface area contributed by atoms with Gasteiger partial charge >= 0.3 is 0 Å². The molecule has 0 radical (unpaired) electrons. The highest BCUT2D eigenvalue weighted by atomic mass is 35.5. The molecule has 2 rings (SSSR count). The molecule has 2 atom stereocenters. The Balaban J connectivity index is 2.15. The maximum Gasteiger partial charge on any atom is 0.264 e. The molecule has 0 saturated carbocycles. The van der Waals surface area contributed by atoms with Gasteiger partial charge < -0.3 is 9.47 Å². The molecule has 1 aliphatic heterocycles. The van der Waals surface area contributed by atoms with Crippen LogP contribution in [0, 0.1) is 0 Å². The number of ether oxygens (including phenoxy) is 2. The SMILES string of the molecule is CS(=O)(=O)OCC(OC1CCCCO1)c1ccc(Cl)cc1Cl. The van der Waals surface area contributed by atoms with Crippen LogP contribution in [0.5, 0.6) is 0 Å². The van der Waals surface area contributed by atoms with E-state index in [1.54, 1.807) is 18.2 Å². The minimum Gasteiger partial charge on any atom is -0.353 e. The molecule has 22 heavy (non-hydrogen) atoms. The van der Waals surface area contributed by atoms with Crippen LogP contribution in [0.3, 0.4) is 0 Å². The van der Waals surface area contributed by atoms with Crippen molar-refractivity contribution in [3.05, 3.63) is 33.8 Å². The Hall–Kier alpha value is -0.370. The molecule has 1 aromatic carbocycles. The van der Waals surface area contributed by atoms with E-state index in [1.165, 1.54) is 0 Å². The molecular weight excluding hydrogens is 351 g/mol. The first kappa shape index (κ1) is 18.0. The lowest BCUT2D eigenvalue weighted by Crippen LogP contribution is -2.27. The highest BCUT2D eigenvalue weighted by molar-refractivity contribution is 7.85. The van der Waals surface area contributed by atoms with Crippen molar-refractivity contribution < 1.29 is 22.1 Å². The van der Waals surface area contributed by atoms with Gasteiger partial charge in [-0.3, -0.25) is 4.18 Å². The average Bonchev–Trinajstić information content (AvgIpc) is 2.44. The number of benzene rings is 1. The normalized spacial score (nSPS) is 20.8. The Morgan fingerprint density at radius 3 is 2.73 bits per heavy atom. The van der Waals surface area contributed by atoms with Gasteiger partial charge in [-0.15, -0.1) is 0 Å². The largest absolute Gasteiger partial charge is 0.353 e. The molecule has 0 amide bonds. The predicted molar refractivity (Wildman–Crippen MR) is 84.7 cm³/mol. The number of halogens is 2. The summed E-state index contributed by atoms with van der Waals surface area (Å²) in [5, 5.41) is 0.885. The van der Waals surface area contributed by atoms with E-state index in [4.69, 9.17) is 36.9 Å². The first-order chi connectivity index (χ1) is 10.3. The zero-order valence-electron chi connectivity index (χ0n) is 12.1. The van der Waals surface area contributed by atoms with Crippen molar-refractivity contribution in [1.29, 1.82) is 0 Å². The molecule has 1 aromatic rings. The lowest BCUT2D eigenvalue weighted by atomic mass is 10.1. The fourth-order valence-corrected chi connectivity index (χ4v) is 3.05. The second-order valence-corrected chi connectivity index (χ2v) is 7.56. The van der Waals surface area contributed by atoms with E-state index in [9.17, 15) is 8.42 Å². The second-order valence-electron chi connectivity index (χ2n) is 5.08. The van der Waals surface area contributed by atoms with Gasteiger partial charge in [0, 0.05) is 22.2 Å². The lowest BCUT2D eigenvalue weighted by molar-refractivity contribution is -0.195. The van der Waals surface area contributed by atoms with Crippen LogP contribution >= 0.6 is 23.2 Å². The van der Waals surface area contributed by atoms with Crippen LogP contribution in [0.4, 0.5) is 0 Å². The molecule has 8 heteroatoms. The monoisotopic (exact) mass is 368 g/mol. The Morgan fingerprint density at radius 1 is 1.36 bits per heavy atom. The van der Waals surface area contributed by atoms with Crippen LogP contribution in [-0.2, 0) is 23.8 Å². The maximum atomic E-state index is 11.2. The fraction of sp³-hybridized carbons (Fsp3) is 0.571. The highest BCUT2D eigenvalue weighted by Crippen LogP contribution is 2.31. The molecule has 1 saturated heterocycles. The Bertz CT molecular complexity index is 599. The third-order valence-electron chi connectivity index (χ3n) is 3.20. The molecular formula is C14H18Cl2O5S. The van der Waals surface area contributed by atoms with Crippen LogP contribution in [0.1, 0.15) is 30.9 Å². The Labute approximate surface area is 140 Å². The van der Waals surface area contributed by atoms with Crippen LogP contribution in [0.15, 0.2) is 18.2 Å². The minimum absolute atomic E-state index is 0.167. The summed E-state index contributed by atoms with van der Waals surface area (Å²) in [6, 6.07) is 4.95. The predicted octanol–water partition coefficient (Wildman–Crippen LogP) is 3.55.